The molecule has 0 unspecified atom stereocenters. The first-order valence-electron chi connectivity index (χ1n) is 7.59. The van der Waals surface area contributed by atoms with Crippen molar-refractivity contribution < 1.29 is 19.2 Å². The van der Waals surface area contributed by atoms with Crippen LogP contribution in [0.2, 0.25) is 5.02 Å². The second-order valence-corrected chi connectivity index (χ2v) is 5.57. The Morgan fingerprint density at radius 2 is 1.96 bits per heavy atom. The topological polar surface area (TPSA) is 123 Å². The third kappa shape index (κ3) is 5.79. The summed E-state index contributed by atoms with van der Waals surface area (Å²) in [5, 5.41) is 17.1. The first kappa shape index (κ1) is 19.9. The highest BCUT2D eigenvalue weighted by molar-refractivity contribution is 6.33. The molecule has 2 N–H and O–H groups in total. The van der Waals surface area contributed by atoms with Gasteiger partial charge in [-0.05, 0) is 30.3 Å². The molecule has 0 saturated heterocycles. The molecule has 2 amide bonds. The van der Waals surface area contributed by atoms with Crippen LogP contribution in [0.1, 0.15) is 15.9 Å². The van der Waals surface area contributed by atoms with Gasteiger partial charge in [0.1, 0.15) is 5.75 Å². The van der Waals surface area contributed by atoms with Gasteiger partial charge >= 0.3 is 0 Å². The zero-order chi connectivity index (χ0) is 19.8. The standard InChI is InChI=1S/C17H15ClN4O5/c1-27-14-5-2-11(3-6-14)17(24)19-10-16(23)21-20-9-12-8-13(22(25)26)4-7-15(12)18/h2-9H,10H2,1H3,(H,19,24)(H,21,23)/b20-9-. The predicted molar refractivity (Wildman–Crippen MR) is 99.2 cm³/mol. The Kier molecular flexibility index (Phi) is 6.84. The van der Waals surface area contributed by atoms with E-state index in [0.717, 1.165) is 0 Å². The number of carbonyl (C=O) groups excluding carboxylic acids is 2. The van der Waals surface area contributed by atoms with Crippen LogP contribution >= 0.6 is 11.6 Å². The number of hydrogen-bond donors (Lipinski definition) is 2. The zero-order valence-corrected chi connectivity index (χ0v) is 14.9. The highest BCUT2D eigenvalue weighted by Gasteiger charge is 2.09. The van der Waals surface area contributed by atoms with Gasteiger partial charge in [0.05, 0.1) is 24.8 Å². The van der Waals surface area contributed by atoms with Gasteiger partial charge < -0.3 is 10.1 Å². The average Bonchev–Trinajstić information content (AvgIpc) is 2.67. The number of nitro groups is 1. The van der Waals surface area contributed by atoms with E-state index in [-0.39, 0.29) is 22.8 Å². The van der Waals surface area contributed by atoms with E-state index in [1.54, 1.807) is 24.3 Å². The molecule has 0 aliphatic rings. The molecule has 9 nitrogen and oxygen atoms in total. The molecule has 0 aromatic heterocycles. The highest BCUT2D eigenvalue weighted by Crippen LogP contribution is 2.20. The zero-order valence-electron chi connectivity index (χ0n) is 14.1. The molecule has 10 heteroatoms. The number of hydrazone groups is 1. The maximum atomic E-state index is 11.9. The summed E-state index contributed by atoms with van der Waals surface area (Å²) in [6.45, 7) is -0.301. The van der Waals surface area contributed by atoms with E-state index >= 15 is 0 Å². The molecular weight excluding hydrogens is 376 g/mol. The summed E-state index contributed by atoms with van der Waals surface area (Å²) in [7, 11) is 1.51. The predicted octanol–water partition coefficient (Wildman–Crippen LogP) is 2.14. The number of nitrogens with zero attached hydrogens (tertiary/aromatic N) is 2. The second-order valence-electron chi connectivity index (χ2n) is 5.17. The number of hydrogen-bond acceptors (Lipinski definition) is 6. The minimum absolute atomic E-state index is 0.154. The number of benzene rings is 2. The first-order chi connectivity index (χ1) is 12.9. The van der Waals surface area contributed by atoms with E-state index in [1.807, 2.05) is 0 Å². The number of carbonyl (C=O) groups is 2. The van der Waals surface area contributed by atoms with Crippen LogP contribution < -0.4 is 15.5 Å². The van der Waals surface area contributed by atoms with Crippen molar-refractivity contribution >= 4 is 35.3 Å². The van der Waals surface area contributed by atoms with Crippen molar-refractivity contribution in [3.63, 3.8) is 0 Å². The van der Waals surface area contributed by atoms with Crippen molar-refractivity contribution in [3.8, 4) is 5.75 Å². The van der Waals surface area contributed by atoms with E-state index in [9.17, 15) is 19.7 Å². The molecule has 0 aliphatic heterocycles. The summed E-state index contributed by atoms with van der Waals surface area (Å²) in [5.74, 6) is -0.397. The van der Waals surface area contributed by atoms with Crippen molar-refractivity contribution in [1.82, 2.24) is 10.7 Å². The monoisotopic (exact) mass is 390 g/mol. The number of methoxy groups -OCH3 is 1. The lowest BCUT2D eigenvalue weighted by Gasteiger charge is -2.05. The molecule has 0 spiro atoms. The van der Waals surface area contributed by atoms with E-state index in [4.69, 9.17) is 16.3 Å². The molecule has 0 heterocycles. The van der Waals surface area contributed by atoms with Crippen LogP contribution in [0.25, 0.3) is 0 Å². The van der Waals surface area contributed by atoms with E-state index in [1.165, 1.54) is 31.5 Å². The molecule has 140 valence electrons. The van der Waals surface area contributed by atoms with Gasteiger partial charge in [0.15, 0.2) is 0 Å². The maximum absolute atomic E-state index is 11.9. The Hall–Kier alpha value is -3.46. The van der Waals surface area contributed by atoms with Crippen LogP contribution in [0.3, 0.4) is 0 Å². The lowest BCUT2D eigenvalue weighted by molar-refractivity contribution is -0.384. The quantitative estimate of drug-likeness (QED) is 0.426. The molecule has 0 fully saturated rings. The lowest BCUT2D eigenvalue weighted by Crippen LogP contribution is -2.34. The molecule has 0 bridgehead atoms. The van der Waals surface area contributed by atoms with Gasteiger partial charge in [-0.1, -0.05) is 11.6 Å². The Balaban J connectivity index is 1.87. The molecule has 2 rings (SSSR count). The maximum Gasteiger partial charge on any atom is 0.270 e. The number of rotatable bonds is 7. The molecule has 2 aromatic rings. The molecule has 27 heavy (non-hydrogen) atoms. The van der Waals surface area contributed by atoms with Gasteiger partial charge in [-0.2, -0.15) is 5.10 Å². The molecule has 0 aliphatic carbocycles. The van der Waals surface area contributed by atoms with Crippen LogP contribution in [0.15, 0.2) is 47.6 Å². The number of halogens is 1. The van der Waals surface area contributed by atoms with Gasteiger partial charge in [-0.15, -0.1) is 0 Å². The fourth-order valence-corrected chi connectivity index (χ4v) is 2.13. The minimum atomic E-state index is -0.574. The number of amides is 2. The van der Waals surface area contributed by atoms with Crippen LogP contribution in [0, 0.1) is 10.1 Å². The summed E-state index contributed by atoms with van der Waals surface area (Å²) in [5.41, 5.74) is 2.69. The second kappa shape index (κ2) is 9.30. The number of non-ortho nitro benzene ring substituents is 1. The fourth-order valence-electron chi connectivity index (χ4n) is 1.96. The van der Waals surface area contributed by atoms with Crippen molar-refractivity contribution in [1.29, 1.82) is 0 Å². The van der Waals surface area contributed by atoms with Crippen LogP contribution in [-0.4, -0.2) is 36.6 Å². The SMILES string of the molecule is COc1ccc(C(=O)NCC(=O)N/N=C\c2cc([N+](=O)[O-])ccc2Cl)cc1. The summed E-state index contributed by atoms with van der Waals surface area (Å²) < 4.78 is 5.00. The Bertz CT molecular complexity index is 883. The fraction of sp³-hybridized carbons (Fsp3) is 0.118. The average molecular weight is 391 g/mol. The van der Waals surface area contributed by atoms with Gasteiger partial charge in [0.2, 0.25) is 0 Å². The van der Waals surface area contributed by atoms with Gasteiger partial charge in [-0.25, -0.2) is 5.43 Å². The van der Waals surface area contributed by atoms with Crippen molar-refractivity contribution in [2.24, 2.45) is 5.10 Å². The Morgan fingerprint density at radius 3 is 2.59 bits per heavy atom. The number of ether oxygens (including phenoxy) is 1. The van der Waals surface area contributed by atoms with Crippen LogP contribution in [0.4, 0.5) is 5.69 Å². The number of nitrogens with one attached hydrogen (secondary N) is 2. The third-order valence-corrected chi connectivity index (χ3v) is 3.69. The van der Waals surface area contributed by atoms with Crippen molar-refractivity contribution in [2.45, 2.75) is 0 Å². The number of nitro benzene ring substituents is 1. The molecule has 0 saturated carbocycles. The summed E-state index contributed by atoms with van der Waals surface area (Å²) in [4.78, 5) is 33.8. The van der Waals surface area contributed by atoms with E-state index < -0.39 is 16.7 Å². The minimum Gasteiger partial charge on any atom is -0.497 e. The smallest absolute Gasteiger partial charge is 0.270 e. The van der Waals surface area contributed by atoms with Crippen molar-refractivity contribution in [3.05, 3.63) is 68.7 Å². The summed E-state index contributed by atoms with van der Waals surface area (Å²) in [6, 6.07) is 10.2. The largest absolute Gasteiger partial charge is 0.497 e. The molecular formula is C17H15ClN4O5. The van der Waals surface area contributed by atoms with Gasteiger partial charge in [0.25, 0.3) is 17.5 Å². The highest BCUT2D eigenvalue weighted by atomic mass is 35.5. The molecule has 2 aromatic carbocycles. The lowest BCUT2D eigenvalue weighted by atomic mass is 10.2. The van der Waals surface area contributed by atoms with Crippen molar-refractivity contribution in [2.75, 3.05) is 13.7 Å². The third-order valence-electron chi connectivity index (χ3n) is 3.34. The summed E-state index contributed by atoms with van der Waals surface area (Å²) >= 11 is 5.92. The Morgan fingerprint density at radius 1 is 1.26 bits per heavy atom. The van der Waals surface area contributed by atoms with E-state index in [0.29, 0.717) is 11.3 Å². The van der Waals surface area contributed by atoms with Gasteiger partial charge in [-0.3, -0.25) is 19.7 Å². The van der Waals surface area contributed by atoms with Crippen LogP contribution in [0.5, 0.6) is 5.75 Å². The molecule has 0 atom stereocenters. The normalized spacial score (nSPS) is 10.4. The van der Waals surface area contributed by atoms with E-state index in [2.05, 4.69) is 15.8 Å². The summed E-state index contributed by atoms with van der Waals surface area (Å²) in [6.07, 6.45) is 1.18. The molecule has 0 radical (unpaired) electrons. The van der Waals surface area contributed by atoms with Crippen LogP contribution in [-0.2, 0) is 4.79 Å². The van der Waals surface area contributed by atoms with Gasteiger partial charge in [0, 0.05) is 28.3 Å². The first-order valence-corrected chi connectivity index (χ1v) is 7.96. The Labute approximate surface area is 159 Å².